The average molecular weight is 487 g/mol. The van der Waals surface area contributed by atoms with Gasteiger partial charge in [0.1, 0.15) is 13.2 Å². The lowest BCUT2D eigenvalue weighted by atomic mass is 9.75. The van der Waals surface area contributed by atoms with Gasteiger partial charge in [0, 0.05) is 19.0 Å². The first kappa shape index (κ1) is 26.3. The minimum absolute atomic E-state index is 0.0928. The predicted octanol–water partition coefficient (Wildman–Crippen LogP) is 4.86. The van der Waals surface area contributed by atoms with E-state index in [1.54, 1.807) is 0 Å². The molecule has 2 atom stereocenters. The first-order chi connectivity index (χ1) is 17.0. The lowest BCUT2D eigenvalue weighted by Crippen LogP contribution is -2.44. The van der Waals surface area contributed by atoms with E-state index < -0.39 is 5.60 Å². The maximum atomic E-state index is 12.8. The van der Waals surface area contributed by atoms with Crippen molar-refractivity contribution in [1.82, 2.24) is 10.2 Å². The normalized spacial score (nSPS) is 21.4. The highest BCUT2D eigenvalue weighted by Gasteiger charge is 2.32. The molecule has 2 aliphatic heterocycles. The monoisotopic (exact) mass is 486 g/mol. The fourth-order valence-electron chi connectivity index (χ4n) is 6.11. The summed E-state index contributed by atoms with van der Waals surface area (Å²) in [6, 6.07) is 6.24. The molecule has 2 heterocycles. The summed E-state index contributed by atoms with van der Waals surface area (Å²) in [5.41, 5.74) is 0.622. The molecule has 1 saturated heterocycles. The van der Waals surface area contributed by atoms with Crippen LogP contribution in [0.15, 0.2) is 18.2 Å². The quantitative estimate of drug-likeness (QED) is 0.413. The molecule has 1 aromatic rings. The van der Waals surface area contributed by atoms with Crippen LogP contribution in [0.4, 0.5) is 0 Å². The molecule has 196 valence electrons. The van der Waals surface area contributed by atoms with Crippen molar-refractivity contribution in [3.63, 3.8) is 0 Å². The Morgan fingerprint density at radius 1 is 1.06 bits per heavy atom. The largest absolute Gasteiger partial charge is 0.486 e. The van der Waals surface area contributed by atoms with E-state index in [1.807, 2.05) is 13.0 Å². The molecular formula is C29H46N2O4. The van der Waals surface area contributed by atoms with Crippen LogP contribution in [0.25, 0.3) is 0 Å². The van der Waals surface area contributed by atoms with E-state index in [9.17, 15) is 9.90 Å². The van der Waals surface area contributed by atoms with Crippen molar-refractivity contribution in [3.05, 3.63) is 23.8 Å². The van der Waals surface area contributed by atoms with Crippen molar-refractivity contribution in [2.45, 2.75) is 102 Å². The molecule has 6 nitrogen and oxygen atoms in total. The standard InChI is InChI=1S/C29H46N2O4/c1-29(33,24-10-4-2-5-11-24)15-7-3-6-12-28(32)30-25(22-31-16-8-9-17-31)20-23-13-14-26-27(21-23)35-19-18-34-26/h13-14,21,24-25,33H,2-12,15-20,22H2,1H3,(H,30,32). The molecule has 0 spiro atoms. The molecule has 4 rings (SSSR count). The van der Waals surface area contributed by atoms with Gasteiger partial charge in [0.05, 0.1) is 5.60 Å². The zero-order chi connectivity index (χ0) is 24.5. The Kier molecular flexibility index (Phi) is 9.73. The van der Waals surface area contributed by atoms with E-state index in [0.29, 0.717) is 25.6 Å². The summed E-state index contributed by atoms with van der Waals surface area (Å²) >= 11 is 0. The van der Waals surface area contributed by atoms with E-state index in [0.717, 1.165) is 76.1 Å². The Bertz CT molecular complexity index is 800. The van der Waals surface area contributed by atoms with Crippen LogP contribution in [0.2, 0.25) is 0 Å². The third-order valence-corrected chi connectivity index (χ3v) is 8.20. The molecule has 1 aliphatic carbocycles. The van der Waals surface area contributed by atoms with Gasteiger partial charge < -0.3 is 24.8 Å². The van der Waals surface area contributed by atoms with E-state index >= 15 is 0 Å². The number of ether oxygens (including phenoxy) is 2. The van der Waals surface area contributed by atoms with Crippen molar-refractivity contribution in [3.8, 4) is 11.5 Å². The molecule has 2 N–H and O–H groups in total. The number of benzene rings is 1. The summed E-state index contributed by atoms with van der Waals surface area (Å²) in [6.45, 7) is 6.34. The Morgan fingerprint density at radius 3 is 2.57 bits per heavy atom. The van der Waals surface area contributed by atoms with Gasteiger partial charge in [-0.15, -0.1) is 0 Å². The topological polar surface area (TPSA) is 71.0 Å². The van der Waals surface area contributed by atoms with E-state index in [2.05, 4.69) is 22.3 Å². The Labute approximate surface area is 211 Å². The molecule has 0 aromatic heterocycles. The first-order valence-electron chi connectivity index (χ1n) is 14.1. The smallest absolute Gasteiger partial charge is 0.220 e. The van der Waals surface area contributed by atoms with Gasteiger partial charge >= 0.3 is 0 Å². The number of likely N-dealkylation sites (tertiary alicyclic amines) is 1. The molecular weight excluding hydrogens is 440 g/mol. The van der Waals surface area contributed by atoms with Crippen LogP contribution in [0.5, 0.6) is 11.5 Å². The molecule has 35 heavy (non-hydrogen) atoms. The number of carbonyl (C=O) groups is 1. The molecule has 3 aliphatic rings. The number of nitrogens with zero attached hydrogens (tertiary/aromatic N) is 1. The van der Waals surface area contributed by atoms with Crippen LogP contribution in [0, 0.1) is 5.92 Å². The zero-order valence-corrected chi connectivity index (χ0v) is 21.7. The van der Waals surface area contributed by atoms with Crippen molar-refractivity contribution in [2.75, 3.05) is 32.8 Å². The lowest BCUT2D eigenvalue weighted by molar-refractivity contribution is -0.122. The van der Waals surface area contributed by atoms with Crippen LogP contribution in [0.3, 0.4) is 0 Å². The van der Waals surface area contributed by atoms with Gasteiger partial charge in [0.25, 0.3) is 0 Å². The number of rotatable bonds is 12. The summed E-state index contributed by atoms with van der Waals surface area (Å²) in [6.07, 6.45) is 13.7. The first-order valence-corrected chi connectivity index (χ1v) is 14.1. The second-order valence-corrected chi connectivity index (χ2v) is 11.2. The van der Waals surface area contributed by atoms with Crippen LogP contribution in [-0.2, 0) is 11.2 Å². The maximum absolute atomic E-state index is 12.8. The van der Waals surface area contributed by atoms with Gasteiger partial charge in [0.15, 0.2) is 11.5 Å². The minimum atomic E-state index is -0.548. The zero-order valence-electron chi connectivity index (χ0n) is 21.7. The van der Waals surface area contributed by atoms with Gasteiger partial charge in [-0.05, 0) is 88.6 Å². The van der Waals surface area contributed by atoms with Crippen molar-refractivity contribution < 1.29 is 19.4 Å². The van der Waals surface area contributed by atoms with Gasteiger partial charge in [-0.1, -0.05) is 38.2 Å². The molecule has 1 aromatic carbocycles. The summed E-state index contributed by atoms with van der Waals surface area (Å²) in [5, 5.41) is 14.2. The Morgan fingerprint density at radius 2 is 1.80 bits per heavy atom. The summed E-state index contributed by atoms with van der Waals surface area (Å²) in [4.78, 5) is 15.3. The summed E-state index contributed by atoms with van der Waals surface area (Å²) in [5.74, 6) is 2.21. The lowest BCUT2D eigenvalue weighted by Gasteiger charge is -2.35. The summed E-state index contributed by atoms with van der Waals surface area (Å²) < 4.78 is 11.4. The van der Waals surface area contributed by atoms with E-state index in [-0.39, 0.29) is 11.9 Å². The number of nitrogens with one attached hydrogen (secondary N) is 1. The second kappa shape index (κ2) is 13.0. The maximum Gasteiger partial charge on any atom is 0.220 e. The van der Waals surface area contributed by atoms with Crippen LogP contribution >= 0.6 is 0 Å². The highest BCUT2D eigenvalue weighted by Crippen LogP contribution is 2.35. The highest BCUT2D eigenvalue weighted by molar-refractivity contribution is 5.76. The minimum Gasteiger partial charge on any atom is -0.486 e. The van der Waals surface area contributed by atoms with E-state index in [1.165, 1.54) is 37.7 Å². The molecule has 1 saturated carbocycles. The number of amides is 1. The molecule has 6 heteroatoms. The number of hydrogen-bond acceptors (Lipinski definition) is 5. The molecule has 0 bridgehead atoms. The predicted molar refractivity (Wildman–Crippen MR) is 139 cm³/mol. The van der Waals surface area contributed by atoms with Crippen LogP contribution in [-0.4, -0.2) is 60.4 Å². The number of unbranched alkanes of at least 4 members (excludes halogenated alkanes) is 2. The third-order valence-electron chi connectivity index (χ3n) is 8.20. The van der Waals surface area contributed by atoms with Crippen molar-refractivity contribution >= 4 is 5.91 Å². The van der Waals surface area contributed by atoms with Crippen LogP contribution in [0.1, 0.15) is 89.5 Å². The third kappa shape index (κ3) is 8.11. The SMILES string of the molecule is CC(O)(CCCCCC(=O)NC(Cc1ccc2c(c1)OCCO2)CN1CCCC1)C1CCCCC1. The Balaban J connectivity index is 1.22. The number of carbonyl (C=O) groups excluding carboxylic acids is 1. The number of aliphatic hydroxyl groups is 1. The van der Waals surface area contributed by atoms with Gasteiger partial charge in [-0.2, -0.15) is 0 Å². The van der Waals surface area contributed by atoms with Crippen LogP contribution < -0.4 is 14.8 Å². The summed E-state index contributed by atoms with van der Waals surface area (Å²) in [7, 11) is 0. The van der Waals surface area contributed by atoms with Crippen molar-refractivity contribution in [2.24, 2.45) is 5.92 Å². The van der Waals surface area contributed by atoms with Gasteiger partial charge in [-0.3, -0.25) is 4.79 Å². The Hall–Kier alpha value is -1.79. The second-order valence-electron chi connectivity index (χ2n) is 11.2. The van der Waals surface area contributed by atoms with E-state index in [4.69, 9.17) is 9.47 Å². The molecule has 1 amide bonds. The molecule has 2 fully saturated rings. The van der Waals surface area contributed by atoms with Gasteiger partial charge in [0.2, 0.25) is 5.91 Å². The number of hydrogen-bond donors (Lipinski definition) is 2. The average Bonchev–Trinajstić information content (AvgIpc) is 3.37. The molecule has 2 unspecified atom stereocenters. The fourth-order valence-corrected chi connectivity index (χ4v) is 6.11. The fraction of sp³-hybridized carbons (Fsp3) is 0.759. The number of fused-ring (bicyclic) bond motifs is 1. The van der Waals surface area contributed by atoms with Crippen molar-refractivity contribution in [1.29, 1.82) is 0 Å². The van der Waals surface area contributed by atoms with Gasteiger partial charge in [-0.25, -0.2) is 0 Å². The molecule has 0 radical (unpaired) electrons. The highest BCUT2D eigenvalue weighted by atomic mass is 16.6.